The second-order valence-electron chi connectivity index (χ2n) is 7.46. The number of phenols is 1. The van der Waals surface area contributed by atoms with Gasteiger partial charge in [0.15, 0.2) is 28.7 Å². The molecular weight excluding hydrogens is 394 g/mol. The van der Waals surface area contributed by atoms with Gasteiger partial charge in [-0.05, 0) is 48.7 Å². The molecule has 3 atom stereocenters. The minimum absolute atomic E-state index is 0.0521. The topological polar surface area (TPSA) is 94.2 Å². The van der Waals surface area contributed by atoms with Crippen LogP contribution in [0.3, 0.4) is 0 Å². The molecule has 0 aliphatic rings. The zero-order valence-corrected chi connectivity index (χ0v) is 18.0. The Labute approximate surface area is 182 Å². The number of benzene rings is 3. The normalized spacial score (nSPS) is 14.9. The highest BCUT2D eigenvalue weighted by Crippen LogP contribution is 2.40. The van der Waals surface area contributed by atoms with Crippen LogP contribution in [0.2, 0.25) is 0 Å². The smallest absolute Gasteiger partial charge is 0.191 e. The summed E-state index contributed by atoms with van der Waals surface area (Å²) in [5, 5.41) is 21.0. The third kappa shape index (κ3) is 4.93. The molecule has 0 aliphatic carbocycles. The van der Waals surface area contributed by atoms with Crippen molar-refractivity contribution in [2.45, 2.75) is 31.1 Å². The van der Waals surface area contributed by atoms with Gasteiger partial charge in [-0.2, -0.15) is 0 Å². The number of aliphatic hydroxyl groups is 1. The summed E-state index contributed by atoms with van der Waals surface area (Å²) >= 11 is 0. The first-order valence-electron chi connectivity index (χ1n) is 10.1. The standard InChI is InChI=1S/C25H29NO5/c1-17(27)25(26,31-22-12-8-7-11-21(22)28)20(15-18-9-5-4-6-10-18)19-13-14-23(29-2)24(16-19)30-3/h4-14,16-17,20,27-28H,15,26H2,1-3H3. The predicted molar refractivity (Wildman–Crippen MR) is 120 cm³/mol. The zero-order chi connectivity index (χ0) is 22.4. The highest BCUT2D eigenvalue weighted by Gasteiger charge is 2.43. The second-order valence-corrected chi connectivity index (χ2v) is 7.46. The lowest BCUT2D eigenvalue weighted by Gasteiger charge is -2.40. The van der Waals surface area contributed by atoms with E-state index in [9.17, 15) is 10.2 Å². The molecule has 0 bridgehead atoms. The van der Waals surface area contributed by atoms with Gasteiger partial charge in [0.2, 0.25) is 0 Å². The Morgan fingerprint density at radius 2 is 1.52 bits per heavy atom. The quantitative estimate of drug-likeness (QED) is 0.453. The maximum absolute atomic E-state index is 10.8. The van der Waals surface area contributed by atoms with E-state index in [2.05, 4.69) is 0 Å². The Morgan fingerprint density at radius 3 is 2.13 bits per heavy atom. The van der Waals surface area contributed by atoms with E-state index in [1.807, 2.05) is 42.5 Å². The van der Waals surface area contributed by atoms with Crippen molar-refractivity contribution >= 4 is 0 Å². The molecule has 0 saturated heterocycles. The summed E-state index contributed by atoms with van der Waals surface area (Å²) in [5.74, 6) is 0.807. The lowest BCUT2D eigenvalue weighted by atomic mass is 9.80. The van der Waals surface area contributed by atoms with Gasteiger partial charge in [0.25, 0.3) is 0 Å². The number of hydrogen-bond acceptors (Lipinski definition) is 6. The van der Waals surface area contributed by atoms with Gasteiger partial charge in [0.1, 0.15) is 6.10 Å². The molecule has 6 heteroatoms. The number of aromatic hydroxyl groups is 1. The van der Waals surface area contributed by atoms with E-state index in [0.29, 0.717) is 17.9 Å². The van der Waals surface area contributed by atoms with Crippen LogP contribution in [-0.4, -0.2) is 36.3 Å². The van der Waals surface area contributed by atoms with Crippen molar-refractivity contribution in [3.8, 4) is 23.0 Å². The van der Waals surface area contributed by atoms with E-state index >= 15 is 0 Å². The number of nitrogens with two attached hydrogens (primary N) is 1. The number of hydrogen-bond donors (Lipinski definition) is 3. The zero-order valence-electron chi connectivity index (χ0n) is 18.0. The molecule has 3 aromatic rings. The van der Waals surface area contributed by atoms with Crippen LogP contribution in [-0.2, 0) is 6.42 Å². The van der Waals surface area contributed by atoms with Crippen molar-refractivity contribution in [1.29, 1.82) is 0 Å². The van der Waals surface area contributed by atoms with Crippen LogP contribution >= 0.6 is 0 Å². The molecule has 0 aliphatic heterocycles. The SMILES string of the molecule is COc1ccc(C(Cc2ccccc2)C(N)(Oc2ccccc2O)C(C)O)cc1OC. The lowest BCUT2D eigenvalue weighted by molar-refractivity contribution is -0.0616. The van der Waals surface area contributed by atoms with E-state index in [1.54, 1.807) is 45.4 Å². The third-order valence-corrected chi connectivity index (χ3v) is 5.44. The number of phenolic OH excluding ortho intramolecular Hbond substituents is 1. The molecule has 0 fully saturated rings. The minimum atomic E-state index is -1.55. The molecule has 6 nitrogen and oxygen atoms in total. The van der Waals surface area contributed by atoms with Gasteiger partial charge in [0, 0.05) is 5.92 Å². The molecule has 0 aromatic heterocycles. The summed E-state index contributed by atoms with van der Waals surface area (Å²) in [6, 6.07) is 21.9. The molecule has 3 rings (SSSR count). The fraction of sp³-hybridized carbons (Fsp3) is 0.280. The summed E-state index contributed by atoms with van der Waals surface area (Å²) < 4.78 is 17.0. The molecule has 3 aromatic carbocycles. The van der Waals surface area contributed by atoms with Crippen LogP contribution in [0.1, 0.15) is 24.0 Å². The molecule has 0 radical (unpaired) electrons. The van der Waals surface area contributed by atoms with Crippen LogP contribution in [0.4, 0.5) is 0 Å². The largest absolute Gasteiger partial charge is 0.504 e. The van der Waals surface area contributed by atoms with E-state index in [1.165, 1.54) is 6.07 Å². The fourth-order valence-electron chi connectivity index (χ4n) is 3.64. The second kappa shape index (κ2) is 9.73. The van der Waals surface area contributed by atoms with Crippen LogP contribution in [0.25, 0.3) is 0 Å². The maximum Gasteiger partial charge on any atom is 0.191 e. The maximum atomic E-state index is 10.8. The average molecular weight is 424 g/mol. The molecular formula is C25H29NO5. The minimum Gasteiger partial charge on any atom is -0.504 e. The first-order chi connectivity index (χ1) is 14.9. The highest BCUT2D eigenvalue weighted by molar-refractivity contribution is 5.46. The molecule has 0 heterocycles. The van der Waals surface area contributed by atoms with Crippen LogP contribution < -0.4 is 19.9 Å². The number of ether oxygens (including phenoxy) is 3. The summed E-state index contributed by atoms with van der Waals surface area (Å²) in [6.07, 6.45) is -0.570. The number of para-hydroxylation sites is 2. The molecule has 31 heavy (non-hydrogen) atoms. The van der Waals surface area contributed by atoms with E-state index in [4.69, 9.17) is 19.9 Å². The van der Waals surface area contributed by atoms with Crippen LogP contribution in [0.15, 0.2) is 72.8 Å². The summed E-state index contributed by atoms with van der Waals surface area (Å²) in [4.78, 5) is 0. The van der Waals surface area contributed by atoms with E-state index in [-0.39, 0.29) is 11.5 Å². The van der Waals surface area contributed by atoms with E-state index < -0.39 is 17.7 Å². The van der Waals surface area contributed by atoms with Crippen LogP contribution in [0, 0.1) is 0 Å². The fourth-order valence-corrected chi connectivity index (χ4v) is 3.64. The van der Waals surface area contributed by atoms with Gasteiger partial charge in [0.05, 0.1) is 14.2 Å². The van der Waals surface area contributed by atoms with Gasteiger partial charge in [-0.1, -0.05) is 48.5 Å². The van der Waals surface area contributed by atoms with E-state index in [0.717, 1.165) is 11.1 Å². The summed E-state index contributed by atoms with van der Waals surface area (Å²) in [6.45, 7) is 1.58. The Kier molecular flexibility index (Phi) is 7.05. The molecule has 0 amide bonds. The first-order valence-corrected chi connectivity index (χ1v) is 10.1. The van der Waals surface area contributed by atoms with Gasteiger partial charge in [-0.25, -0.2) is 0 Å². The van der Waals surface area contributed by atoms with Crippen molar-refractivity contribution in [3.05, 3.63) is 83.9 Å². The Bertz CT molecular complexity index is 992. The lowest BCUT2D eigenvalue weighted by Crippen LogP contribution is -2.59. The Morgan fingerprint density at radius 1 is 0.871 bits per heavy atom. The van der Waals surface area contributed by atoms with Crippen molar-refractivity contribution in [2.75, 3.05) is 14.2 Å². The monoisotopic (exact) mass is 423 g/mol. The molecule has 3 unspecified atom stereocenters. The summed E-state index contributed by atoms with van der Waals surface area (Å²) in [7, 11) is 3.14. The van der Waals surface area contributed by atoms with Gasteiger partial charge in [-0.15, -0.1) is 0 Å². The predicted octanol–water partition coefficient (Wildman–Crippen LogP) is 3.85. The van der Waals surface area contributed by atoms with Crippen LogP contribution in [0.5, 0.6) is 23.0 Å². The Hall–Kier alpha value is -3.22. The number of methoxy groups -OCH3 is 2. The third-order valence-electron chi connectivity index (χ3n) is 5.44. The number of aliphatic hydroxyl groups excluding tert-OH is 1. The van der Waals surface area contributed by atoms with Gasteiger partial charge in [-0.3, -0.25) is 5.73 Å². The molecule has 0 saturated carbocycles. The van der Waals surface area contributed by atoms with Gasteiger partial charge >= 0.3 is 0 Å². The Balaban J connectivity index is 2.11. The highest BCUT2D eigenvalue weighted by atomic mass is 16.5. The van der Waals surface area contributed by atoms with Crippen molar-refractivity contribution in [3.63, 3.8) is 0 Å². The van der Waals surface area contributed by atoms with Gasteiger partial charge < -0.3 is 24.4 Å². The number of rotatable bonds is 9. The first kappa shape index (κ1) is 22.5. The average Bonchev–Trinajstić information content (AvgIpc) is 2.79. The molecule has 0 spiro atoms. The molecule has 164 valence electrons. The van der Waals surface area contributed by atoms with Crippen molar-refractivity contribution in [2.24, 2.45) is 5.73 Å². The van der Waals surface area contributed by atoms with Crippen molar-refractivity contribution in [1.82, 2.24) is 0 Å². The molecule has 4 N–H and O–H groups in total. The summed E-state index contributed by atoms with van der Waals surface area (Å²) in [5.41, 5.74) is 7.06. The van der Waals surface area contributed by atoms with Crippen molar-refractivity contribution < 1.29 is 24.4 Å².